The van der Waals surface area contributed by atoms with Gasteiger partial charge in [0.15, 0.2) is 5.69 Å². The summed E-state index contributed by atoms with van der Waals surface area (Å²) in [6, 6.07) is 18.8. The van der Waals surface area contributed by atoms with Gasteiger partial charge in [-0.3, -0.25) is 19.0 Å². The quantitative estimate of drug-likeness (QED) is 0.574. The third kappa shape index (κ3) is 3.10. The molecule has 0 bridgehead atoms. The van der Waals surface area contributed by atoms with Crippen molar-refractivity contribution in [2.24, 2.45) is 0 Å². The third-order valence-corrected chi connectivity index (χ3v) is 5.24. The van der Waals surface area contributed by atoms with E-state index in [9.17, 15) is 9.59 Å². The van der Waals surface area contributed by atoms with Crippen LogP contribution in [0.25, 0.3) is 5.52 Å². The van der Waals surface area contributed by atoms with E-state index in [4.69, 9.17) is 0 Å². The van der Waals surface area contributed by atoms with E-state index in [0.29, 0.717) is 12.1 Å². The van der Waals surface area contributed by atoms with Crippen molar-refractivity contribution in [3.05, 3.63) is 95.8 Å². The van der Waals surface area contributed by atoms with E-state index in [-0.39, 0.29) is 29.9 Å². The third-order valence-electron chi connectivity index (χ3n) is 5.24. The second-order valence-corrected chi connectivity index (χ2v) is 7.08. The lowest BCUT2D eigenvalue weighted by Crippen LogP contribution is -2.30. The topological polar surface area (TPSA) is 79.6 Å². The normalized spacial score (nSPS) is 12.7. The van der Waals surface area contributed by atoms with Gasteiger partial charge in [-0.25, -0.2) is 4.98 Å². The molecule has 1 aliphatic rings. The Morgan fingerprint density at radius 1 is 1.00 bits per heavy atom. The summed E-state index contributed by atoms with van der Waals surface area (Å²) in [5, 5.41) is 2.84. The van der Waals surface area contributed by atoms with Crippen LogP contribution in [0.3, 0.4) is 0 Å². The van der Waals surface area contributed by atoms with Crippen molar-refractivity contribution in [1.82, 2.24) is 19.7 Å². The van der Waals surface area contributed by atoms with E-state index >= 15 is 0 Å². The number of rotatable bonds is 4. The second kappa shape index (κ2) is 7.44. The number of carbonyl (C=O) groups is 2. The van der Waals surface area contributed by atoms with Crippen LogP contribution in [0.1, 0.15) is 32.4 Å². The molecule has 0 atom stereocenters. The van der Waals surface area contributed by atoms with Crippen LogP contribution in [0, 0.1) is 0 Å². The number of anilines is 1. The molecule has 1 N–H and O–H groups in total. The first-order valence-corrected chi connectivity index (χ1v) is 9.77. The molecular formula is C23H19N5O2. The maximum Gasteiger partial charge on any atom is 0.294 e. The lowest BCUT2D eigenvalue weighted by molar-refractivity contribution is 0.0947. The molecule has 7 nitrogen and oxygen atoms in total. The van der Waals surface area contributed by atoms with Gasteiger partial charge in [-0.15, -0.1) is 0 Å². The number of benzene rings is 1. The van der Waals surface area contributed by atoms with E-state index < -0.39 is 0 Å². The average molecular weight is 397 g/mol. The zero-order chi connectivity index (χ0) is 20.5. The molecule has 148 valence electrons. The highest BCUT2D eigenvalue weighted by atomic mass is 16.2. The summed E-state index contributed by atoms with van der Waals surface area (Å²) in [5.41, 5.74) is 3.60. The Balaban J connectivity index is 1.47. The molecule has 0 saturated heterocycles. The first kappa shape index (κ1) is 18.1. The van der Waals surface area contributed by atoms with Crippen molar-refractivity contribution in [1.29, 1.82) is 0 Å². The van der Waals surface area contributed by atoms with Crippen LogP contribution < -0.4 is 10.2 Å². The van der Waals surface area contributed by atoms with E-state index in [1.807, 2.05) is 54.6 Å². The summed E-state index contributed by atoms with van der Waals surface area (Å²) in [7, 11) is 0. The summed E-state index contributed by atoms with van der Waals surface area (Å²) >= 11 is 0. The number of hydrogen-bond donors (Lipinski definition) is 1. The standard InChI is InChI=1S/C23H19N5O2/c29-22(25-15-17-8-3-5-12-24-17)20-19-10-4-6-13-27(19)21(26-20)23(30)28-14-11-16-7-1-2-9-18(16)28/h1-10,12-13H,11,14-15H2,(H,25,29). The van der Waals surface area contributed by atoms with Gasteiger partial charge in [-0.2, -0.15) is 0 Å². The van der Waals surface area contributed by atoms with E-state index in [1.54, 1.807) is 27.8 Å². The molecule has 1 aromatic carbocycles. The zero-order valence-corrected chi connectivity index (χ0v) is 16.2. The molecule has 0 saturated carbocycles. The molecule has 0 radical (unpaired) electrons. The molecule has 5 rings (SSSR count). The van der Waals surface area contributed by atoms with Gasteiger partial charge in [-0.1, -0.05) is 30.3 Å². The second-order valence-electron chi connectivity index (χ2n) is 7.08. The average Bonchev–Trinajstić information content (AvgIpc) is 3.40. The molecule has 0 spiro atoms. The van der Waals surface area contributed by atoms with Crippen LogP contribution in [0.15, 0.2) is 73.1 Å². The summed E-state index contributed by atoms with van der Waals surface area (Å²) < 4.78 is 1.68. The molecule has 1 aliphatic heterocycles. The molecular weight excluding hydrogens is 378 g/mol. The molecule has 4 aromatic rings. The highest BCUT2D eigenvalue weighted by Gasteiger charge is 2.29. The minimum atomic E-state index is -0.342. The fourth-order valence-corrected chi connectivity index (χ4v) is 3.78. The van der Waals surface area contributed by atoms with Crippen LogP contribution in [-0.2, 0) is 13.0 Å². The highest BCUT2D eigenvalue weighted by Crippen LogP contribution is 2.29. The van der Waals surface area contributed by atoms with E-state index in [2.05, 4.69) is 15.3 Å². The summed E-state index contributed by atoms with van der Waals surface area (Å²) in [4.78, 5) is 36.6. The Morgan fingerprint density at radius 3 is 2.70 bits per heavy atom. The fraction of sp³-hybridized carbons (Fsp3) is 0.130. The molecule has 0 aliphatic carbocycles. The van der Waals surface area contributed by atoms with Gasteiger partial charge in [0, 0.05) is 24.6 Å². The Morgan fingerprint density at radius 2 is 1.83 bits per heavy atom. The summed E-state index contributed by atoms with van der Waals surface area (Å²) in [6.45, 7) is 0.884. The van der Waals surface area contributed by atoms with Gasteiger partial charge < -0.3 is 10.2 Å². The van der Waals surface area contributed by atoms with Crippen LogP contribution in [0.4, 0.5) is 5.69 Å². The van der Waals surface area contributed by atoms with Crippen molar-refractivity contribution < 1.29 is 9.59 Å². The molecule has 7 heteroatoms. The summed E-state index contributed by atoms with van der Waals surface area (Å²) in [5.74, 6) is -0.333. The number of imidazole rings is 1. The van der Waals surface area contributed by atoms with Crippen molar-refractivity contribution in [2.45, 2.75) is 13.0 Å². The number of fused-ring (bicyclic) bond motifs is 2. The number of para-hydroxylation sites is 1. The maximum absolute atomic E-state index is 13.3. The van der Waals surface area contributed by atoms with Gasteiger partial charge in [0.05, 0.1) is 17.8 Å². The monoisotopic (exact) mass is 397 g/mol. The molecule has 3 aromatic heterocycles. The number of aromatic nitrogens is 3. The van der Waals surface area contributed by atoms with Crippen LogP contribution >= 0.6 is 0 Å². The number of hydrogen-bond acceptors (Lipinski definition) is 4. The number of pyridine rings is 2. The van der Waals surface area contributed by atoms with Crippen LogP contribution in [0.2, 0.25) is 0 Å². The van der Waals surface area contributed by atoms with Gasteiger partial charge >= 0.3 is 0 Å². The molecule has 0 fully saturated rings. The predicted octanol–water partition coefficient (Wildman–Crippen LogP) is 2.86. The van der Waals surface area contributed by atoms with Gasteiger partial charge in [-0.05, 0) is 42.3 Å². The number of carbonyl (C=O) groups excluding carboxylic acids is 2. The number of nitrogens with one attached hydrogen (secondary N) is 1. The van der Waals surface area contributed by atoms with Crippen molar-refractivity contribution in [2.75, 3.05) is 11.4 Å². The van der Waals surface area contributed by atoms with Gasteiger partial charge in [0.1, 0.15) is 0 Å². The van der Waals surface area contributed by atoms with Crippen molar-refractivity contribution in [3.8, 4) is 0 Å². The molecule has 30 heavy (non-hydrogen) atoms. The maximum atomic E-state index is 13.3. The lowest BCUT2D eigenvalue weighted by Gasteiger charge is -2.16. The molecule has 0 unspecified atom stereocenters. The Hall–Kier alpha value is -4.00. The van der Waals surface area contributed by atoms with Crippen molar-refractivity contribution >= 4 is 23.0 Å². The first-order chi connectivity index (χ1) is 14.7. The molecule has 2 amide bonds. The van der Waals surface area contributed by atoms with E-state index in [0.717, 1.165) is 23.4 Å². The highest BCUT2D eigenvalue weighted by molar-refractivity contribution is 6.08. The zero-order valence-electron chi connectivity index (χ0n) is 16.2. The fourth-order valence-electron chi connectivity index (χ4n) is 3.78. The molecule has 4 heterocycles. The predicted molar refractivity (Wildman–Crippen MR) is 112 cm³/mol. The number of nitrogens with zero attached hydrogens (tertiary/aromatic N) is 4. The number of amides is 2. The largest absolute Gasteiger partial charge is 0.345 e. The Bertz CT molecular complexity index is 1250. The first-order valence-electron chi connectivity index (χ1n) is 9.77. The minimum absolute atomic E-state index is 0.218. The van der Waals surface area contributed by atoms with Crippen LogP contribution in [-0.4, -0.2) is 32.7 Å². The minimum Gasteiger partial charge on any atom is -0.345 e. The Labute approximate surface area is 173 Å². The van der Waals surface area contributed by atoms with Crippen molar-refractivity contribution in [3.63, 3.8) is 0 Å². The van der Waals surface area contributed by atoms with E-state index in [1.165, 1.54) is 0 Å². The smallest absolute Gasteiger partial charge is 0.294 e. The van der Waals surface area contributed by atoms with Gasteiger partial charge in [0.25, 0.3) is 11.8 Å². The lowest BCUT2D eigenvalue weighted by atomic mass is 10.2. The van der Waals surface area contributed by atoms with Crippen LogP contribution in [0.5, 0.6) is 0 Å². The summed E-state index contributed by atoms with van der Waals surface area (Å²) in [6.07, 6.45) is 4.24. The van der Waals surface area contributed by atoms with Gasteiger partial charge in [0.2, 0.25) is 5.82 Å². The SMILES string of the molecule is O=C(NCc1ccccn1)c1nc(C(=O)N2CCc3ccccc32)n2ccccc12. The Kier molecular flexibility index (Phi) is 4.48.